The molecule has 0 spiro atoms. The molecular formula is C11H16N2O2S. The van der Waals surface area contributed by atoms with E-state index in [-0.39, 0.29) is 17.5 Å². The summed E-state index contributed by atoms with van der Waals surface area (Å²) in [5.74, 6) is 0.471. The van der Waals surface area contributed by atoms with E-state index in [2.05, 4.69) is 4.90 Å². The first-order valence-corrected chi connectivity index (χ1v) is 7.13. The van der Waals surface area contributed by atoms with E-state index in [9.17, 15) is 8.42 Å². The van der Waals surface area contributed by atoms with Gasteiger partial charge in [0.1, 0.15) is 0 Å². The molecule has 5 heteroatoms. The number of sulfone groups is 1. The van der Waals surface area contributed by atoms with E-state index in [1.165, 1.54) is 0 Å². The van der Waals surface area contributed by atoms with E-state index >= 15 is 0 Å². The fourth-order valence-corrected chi connectivity index (χ4v) is 3.60. The number of hydrogen-bond donors (Lipinski definition) is 1. The Hall–Kier alpha value is -1.23. The molecule has 1 atom stereocenters. The van der Waals surface area contributed by atoms with Crippen molar-refractivity contribution in [3.8, 4) is 0 Å². The molecular weight excluding hydrogens is 224 g/mol. The highest BCUT2D eigenvalue weighted by atomic mass is 32.2. The van der Waals surface area contributed by atoms with Crippen molar-refractivity contribution in [2.24, 2.45) is 0 Å². The highest BCUT2D eigenvalue weighted by Gasteiger charge is 2.27. The monoisotopic (exact) mass is 240 g/mol. The smallest absolute Gasteiger partial charge is 0.154 e. The number of benzene rings is 1. The Morgan fingerprint density at radius 3 is 2.50 bits per heavy atom. The number of nitrogen functional groups attached to an aromatic ring is 1. The molecule has 2 rings (SSSR count). The van der Waals surface area contributed by atoms with Crippen molar-refractivity contribution in [3.63, 3.8) is 0 Å². The summed E-state index contributed by atoms with van der Waals surface area (Å²) >= 11 is 0. The number of nitrogens with two attached hydrogens (primary N) is 1. The van der Waals surface area contributed by atoms with Gasteiger partial charge in [-0.15, -0.1) is 0 Å². The lowest BCUT2D eigenvalue weighted by atomic mass is 10.2. The summed E-state index contributed by atoms with van der Waals surface area (Å²) in [7, 11) is -2.85. The van der Waals surface area contributed by atoms with Crippen LogP contribution in [-0.2, 0) is 9.84 Å². The van der Waals surface area contributed by atoms with Gasteiger partial charge >= 0.3 is 0 Å². The number of rotatable bonds is 1. The third-order valence-corrected chi connectivity index (χ3v) is 4.69. The van der Waals surface area contributed by atoms with Crippen molar-refractivity contribution >= 4 is 21.2 Å². The van der Waals surface area contributed by atoms with Gasteiger partial charge in [-0.1, -0.05) is 0 Å². The molecule has 0 radical (unpaired) electrons. The van der Waals surface area contributed by atoms with Crippen LogP contribution in [0.4, 0.5) is 11.4 Å². The van der Waals surface area contributed by atoms with Gasteiger partial charge in [0, 0.05) is 24.0 Å². The lowest BCUT2D eigenvalue weighted by Gasteiger charge is -2.35. The fourth-order valence-electron chi connectivity index (χ4n) is 2.05. The maximum absolute atomic E-state index is 11.4. The van der Waals surface area contributed by atoms with E-state index < -0.39 is 9.84 Å². The summed E-state index contributed by atoms with van der Waals surface area (Å²) in [6.07, 6.45) is 0. The van der Waals surface area contributed by atoms with Crippen molar-refractivity contribution < 1.29 is 8.42 Å². The number of anilines is 2. The van der Waals surface area contributed by atoms with Crippen molar-refractivity contribution in [2.75, 3.05) is 28.7 Å². The average molecular weight is 240 g/mol. The minimum Gasteiger partial charge on any atom is -0.399 e. The van der Waals surface area contributed by atoms with Gasteiger partial charge in [0.15, 0.2) is 9.84 Å². The minimum atomic E-state index is -2.85. The fraction of sp³-hybridized carbons (Fsp3) is 0.455. The maximum Gasteiger partial charge on any atom is 0.154 e. The second-order valence-corrected chi connectivity index (χ2v) is 6.48. The molecule has 1 aliphatic rings. The molecule has 88 valence electrons. The summed E-state index contributed by atoms with van der Waals surface area (Å²) < 4.78 is 22.9. The summed E-state index contributed by atoms with van der Waals surface area (Å²) in [6, 6.07) is 7.58. The van der Waals surface area contributed by atoms with Gasteiger partial charge in [-0.25, -0.2) is 8.42 Å². The molecule has 1 aliphatic heterocycles. The van der Waals surface area contributed by atoms with Crippen molar-refractivity contribution in [3.05, 3.63) is 24.3 Å². The van der Waals surface area contributed by atoms with Crippen LogP contribution in [0.2, 0.25) is 0 Å². The van der Waals surface area contributed by atoms with Gasteiger partial charge < -0.3 is 10.6 Å². The molecule has 0 saturated carbocycles. The molecule has 0 bridgehead atoms. The Kier molecular flexibility index (Phi) is 2.80. The van der Waals surface area contributed by atoms with Crippen LogP contribution in [0.5, 0.6) is 0 Å². The Morgan fingerprint density at radius 1 is 1.31 bits per heavy atom. The Bertz CT molecular complexity index is 467. The van der Waals surface area contributed by atoms with E-state index in [1.807, 2.05) is 31.2 Å². The molecule has 4 nitrogen and oxygen atoms in total. The maximum atomic E-state index is 11.4. The van der Waals surface area contributed by atoms with Crippen LogP contribution in [-0.4, -0.2) is 32.5 Å². The number of hydrogen-bond acceptors (Lipinski definition) is 4. The zero-order chi connectivity index (χ0) is 11.8. The predicted octanol–water partition coefficient (Wildman–Crippen LogP) is 0.892. The largest absolute Gasteiger partial charge is 0.399 e. The van der Waals surface area contributed by atoms with Gasteiger partial charge in [-0.2, -0.15) is 0 Å². The zero-order valence-electron chi connectivity index (χ0n) is 9.26. The van der Waals surface area contributed by atoms with Crippen LogP contribution in [0.1, 0.15) is 6.92 Å². The second kappa shape index (κ2) is 3.97. The van der Waals surface area contributed by atoms with Gasteiger partial charge in [0.2, 0.25) is 0 Å². The van der Waals surface area contributed by atoms with E-state index in [0.717, 1.165) is 11.4 Å². The van der Waals surface area contributed by atoms with Crippen LogP contribution >= 0.6 is 0 Å². The van der Waals surface area contributed by atoms with Crippen LogP contribution in [0.15, 0.2) is 24.3 Å². The second-order valence-electron chi connectivity index (χ2n) is 4.25. The molecule has 1 aromatic carbocycles. The minimum absolute atomic E-state index is 0.0300. The molecule has 2 N–H and O–H groups in total. The Morgan fingerprint density at radius 2 is 1.94 bits per heavy atom. The molecule has 1 aromatic rings. The molecule has 0 amide bonds. The molecule has 1 heterocycles. The van der Waals surface area contributed by atoms with E-state index in [0.29, 0.717) is 6.54 Å². The van der Waals surface area contributed by atoms with Gasteiger partial charge in [0.05, 0.1) is 11.5 Å². The first kappa shape index (κ1) is 11.3. The van der Waals surface area contributed by atoms with Crippen molar-refractivity contribution in [1.29, 1.82) is 0 Å². The molecule has 0 aliphatic carbocycles. The quantitative estimate of drug-likeness (QED) is 0.741. The van der Waals surface area contributed by atoms with E-state index in [4.69, 9.17) is 5.73 Å². The lowest BCUT2D eigenvalue weighted by Crippen LogP contribution is -2.46. The van der Waals surface area contributed by atoms with Crippen LogP contribution in [0.3, 0.4) is 0 Å². The highest BCUT2D eigenvalue weighted by Crippen LogP contribution is 2.22. The molecule has 1 saturated heterocycles. The standard InChI is InChI=1S/C11H16N2O2S/c1-9-8-16(14,15)7-6-13(9)11-4-2-10(12)3-5-11/h2-5,9H,6-8,12H2,1H3. The summed E-state index contributed by atoms with van der Waals surface area (Å²) in [5, 5.41) is 0. The zero-order valence-corrected chi connectivity index (χ0v) is 10.1. The molecule has 1 fully saturated rings. The van der Waals surface area contributed by atoms with Crippen LogP contribution in [0, 0.1) is 0 Å². The predicted molar refractivity (Wildman–Crippen MR) is 66.3 cm³/mol. The first-order valence-electron chi connectivity index (χ1n) is 5.30. The summed E-state index contributed by atoms with van der Waals surface area (Å²) in [5.41, 5.74) is 7.38. The first-order chi connectivity index (χ1) is 7.48. The normalized spacial score (nSPS) is 24.3. The highest BCUT2D eigenvalue weighted by molar-refractivity contribution is 7.91. The van der Waals surface area contributed by atoms with Crippen molar-refractivity contribution in [2.45, 2.75) is 13.0 Å². The van der Waals surface area contributed by atoms with Crippen molar-refractivity contribution in [1.82, 2.24) is 0 Å². The Labute approximate surface area is 96.0 Å². The SMILES string of the molecule is CC1CS(=O)(=O)CCN1c1ccc(N)cc1. The van der Waals surface area contributed by atoms with Crippen LogP contribution in [0.25, 0.3) is 0 Å². The molecule has 1 unspecified atom stereocenters. The molecule has 0 aromatic heterocycles. The van der Waals surface area contributed by atoms with Gasteiger partial charge in [0.25, 0.3) is 0 Å². The van der Waals surface area contributed by atoms with Gasteiger partial charge in [-0.3, -0.25) is 0 Å². The number of nitrogens with zero attached hydrogens (tertiary/aromatic N) is 1. The third kappa shape index (κ3) is 2.29. The van der Waals surface area contributed by atoms with Crippen LogP contribution < -0.4 is 10.6 Å². The average Bonchev–Trinajstić information content (AvgIpc) is 2.19. The third-order valence-electron chi connectivity index (χ3n) is 2.90. The summed E-state index contributed by atoms with van der Waals surface area (Å²) in [4.78, 5) is 2.11. The molecule has 16 heavy (non-hydrogen) atoms. The lowest BCUT2D eigenvalue weighted by molar-refractivity contribution is 0.568. The Balaban J connectivity index is 2.20. The van der Waals surface area contributed by atoms with Gasteiger partial charge in [-0.05, 0) is 31.2 Å². The summed E-state index contributed by atoms with van der Waals surface area (Å²) in [6.45, 7) is 2.50. The topological polar surface area (TPSA) is 63.4 Å². The van der Waals surface area contributed by atoms with E-state index in [1.54, 1.807) is 0 Å².